The molecule has 1 aromatic rings. The van der Waals surface area contributed by atoms with E-state index in [0.717, 1.165) is 0 Å². The van der Waals surface area contributed by atoms with Gasteiger partial charge in [0, 0.05) is 25.1 Å². The Hall–Kier alpha value is -1.95. The van der Waals surface area contributed by atoms with Crippen molar-refractivity contribution < 1.29 is 9.72 Å². The number of carbonyl (C=O) groups excluding carboxylic acids is 1. The molecule has 1 saturated carbocycles. The normalized spacial score (nSPS) is 14.2. The molecule has 0 radical (unpaired) electrons. The Morgan fingerprint density at radius 3 is 2.78 bits per heavy atom. The van der Waals surface area contributed by atoms with Gasteiger partial charge in [-0.15, -0.1) is 0 Å². The summed E-state index contributed by atoms with van der Waals surface area (Å²) >= 11 is 0. The number of nitro benzene ring substituents is 1. The van der Waals surface area contributed by atoms with E-state index in [1.165, 1.54) is 25.0 Å². The number of hydrogen-bond acceptors (Lipinski definition) is 4. The Morgan fingerprint density at radius 1 is 1.39 bits per heavy atom. The fourth-order valence-corrected chi connectivity index (χ4v) is 1.63. The van der Waals surface area contributed by atoms with Gasteiger partial charge in [-0.3, -0.25) is 14.9 Å². The first kappa shape index (κ1) is 12.5. The molecule has 1 aromatic carbocycles. The third-order valence-corrected chi connectivity index (χ3v) is 2.74. The highest BCUT2D eigenvalue weighted by Crippen LogP contribution is 2.23. The van der Waals surface area contributed by atoms with Crippen LogP contribution >= 0.6 is 0 Å². The number of nitrogens with one attached hydrogen (secondary N) is 2. The largest absolute Gasteiger partial charge is 0.320 e. The van der Waals surface area contributed by atoms with Crippen molar-refractivity contribution in [1.82, 2.24) is 5.32 Å². The molecule has 1 aliphatic rings. The van der Waals surface area contributed by atoms with Gasteiger partial charge in [0.2, 0.25) is 5.91 Å². The van der Waals surface area contributed by atoms with Crippen molar-refractivity contribution in [3.63, 3.8) is 0 Å². The van der Waals surface area contributed by atoms with Gasteiger partial charge in [-0.25, -0.2) is 0 Å². The van der Waals surface area contributed by atoms with Crippen LogP contribution < -0.4 is 10.6 Å². The maximum atomic E-state index is 11.6. The van der Waals surface area contributed by atoms with Gasteiger partial charge >= 0.3 is 0 Å². The van der Waals surface area contributed by atoms with Crippen molar-refractivity contribution in [1.29, 1.82) is 0 Å². The SMILES string of the molecule is O=C(CCNC1CC1)Nc1ccccc1[N+](=O)[O-]. The van der Waals surface area contributed by atoms with Crippen molar-refractivity contribution in [2.24, 2.45) is 0 Å². The number of anilines is 1. The zero-order chi connectivity index (χ0) is 13.0. The van der Waals surface area contributed by atoms with E-state index in [9.17, 15) is 14.9 Å². The van der Waals surface area contributed by atoms with E-state index in [1.54, 1.807) is 12.1 Å². The predicted octanol–water partition coefficient (Wildman–Crippen LogP) is 1.68. The third-order valence-electron chi connectivity index (χ3n) is 2.74. The molecular weight excluding hydrogens is 234 g/mol. The lowest BCUT2D eigenvalue weighted by Crippen LogP contribution is -2.23. The third kappa shape index (κ3) is 3.53. The van der Waals surface area contributed by atoms with E-state index in [2.05, 4.69) is 10.6 Å². The van der Waals surface area contributed by atoms with Crippen molar-refractivity contribution in [2.45, 2.75) is 25.3 Å². The number of nitro groups is 1. The van der Waals surface area contributed by atoms with Crippen molar-refractivity contribution >= 4 is 17.3 Å². The number of amides is 1. The summed E-state index contributed by atoms with van der Waals surface area (Å²) in [5.74, 6) is -0.211. The first-order valence-electron chi connectivity index (χ1n) is 5.93. The zero-order valence-electron chi connectivity index (χ0n) is 9.89. The lowest BCUT2D eigenvalue weighted by atomic mass is 10.2. The molecule has 1 amide bonds. The van der Waals surface area contributed by atoms with Crippen molar-refractivity contribution in [3.05, 3.63) is 34.4 Å². The second-order valence-corrected chi connectivity index (χ2v) is 4.30. The van der Waals surface area contributed by atoms with E-state index in [0.29, 0.717) is 19.0 Å². The van der Waals surface area contributed by atoms with Crippen LogP contribution in [0.5, 0.6) is 0 Å². The molecule has 0 aromatic heterocycles. The predicted molar refractivity (Wildman–Crippen MR) is 67.4 cm³/mol. The number of nitrogens with zero attached hydrogens (tertiary/aromatic N) is 1. The van der Waals surface area contributed by atoms with Crippen LogP contribution in [-0.2, 0) is 4.79 Å². The van der Waals surface area contributed by atoms with Crippen LogP contribution in [0.4, 0.5) is 11.4 Å². The van der Waals surface area contributed by atoms with E-state index >= 15 is 0 Å². The van der Waals surface area contributed by atoms with Gasteiger partial charge in [0.15, 0.2) is 0 Å². The van der Waals surface area contributed by atoms with Crippen molar-refractivity contribution in [2.75, 3.05) is 11.9 Å². The van der Waals surface area contributed by atoms with Gasteiger partial charge in [-0.05, 0) is 18.9 Å². The smallest absolute Gasteiger partial charge is 0.292 e. The Kier molecular flexibility index (Phi) is 3.88. The van der Waals surface area contributed by atoms with Crippen LogP contribution in [0.15, 0.2) is 24.3 Å². The topological polar surface area (TPSA) is 84.3 Å². The summed E-state index contributed by atoms with van der Waals surface area (Å²) in [6.45, 7) is 0.608. The van der Waals surface area contributed by atoms with E-state index < -0.39 is 4.92 Å². The molecule has 6 nitrogen and oxygen atoms in total. The van der Waals surface area contributed by atoms with Gasteiger partial charge < -0.3 is 10.6 Å². The molecule has 2 N–H and O–H groups in total. The molecule has 1 fully saturated rings. The molecule has 0 heterocycles. The minimum Gasteiger partial charge on any atom is -0.320 e. The Bertz CT molecular complexity index is 458. The molecule has 18 heavy (non-hydrogen) atoms. The monoisotopic (exact) mass is 249 g/mol. The highest BCUT2D eigenvalue weighted by atomic mass is 16.6. The molecular formula is C12H15N3O3. The molecule has 96 valence electrons. The molecule has 0 atom stereocenters. The second kappa shape index (κ2) is 5.59. The molecule has 0 spiro atoms. The summed E-state index contributed by atoms with van der Waals surface area (Å²) < 4.78 is 0. The van der Waals surface area contributed by atoms with Crippen LogP contribution in [-0.4, -0.2) is 23.4 Å². The molecule has 0 bridgehead atoms. The molecule has 6 heteroatoms. The zero-order valence-corrected chi connectivity index (χ0v) is 9.89. The maximum Gasteiger partial charge on any atom is 0.292 e. The van der Waals surface area contributed by atoms with E-state index in [4.69, 9.17) is 0 Å². The number of carbonyl (C=O) groups is 1. The standard InChI is InChI=1S/C12H15N3O3/c16-12(7-8-13-9-5-6-9)14-10-3-1-2-4-11(10)15(17)18/h1-4,9,13H,5-8H2,(H,14,16). The Labute approximate surface area is 105 Å². The van der Waals surface area contributed by atoms with Gasteiger partial charge in [0.25, 0.3) is 5.69 Å². The maximum absolute atomic E-state index is 11.6. The van der Waals surface area contributed by atoms with Crippen LogP contribution in [0.25, 0.3) is 0 Å². The minimum atomic E-state index is -0.502. The summed E-state index contributed by atoms with van der Waals surface area (Å²) in [5.41, 5.74) is 0.167. The van der Waals surface area contributed by atoms with Crippen LogP contribution in [0.1, 0.15) is 19.3 Å². The van der Waals surface area contributed by atoms with Gasteiger partial charge in [0.05, 0.1) is 4.92 Å². The molecule has 0 unspecified atom stereocenters. The van der Waals surface area contributed by atoms with Gasteiger partial charge in [-0.2, -0.15) is 0 Å². The Morgan fingerprint density at radius 2 is 2.11 bits per heavy atom. The highest BCUT2D eigenvalue weighted by molar-refractivity contribution is 5.93. The fourth-order valence-electron chi connectivity index (χ4n) is 1.63. The summed E-state index contributed by atoms with van der Waals surface area (Å²) in [7, 11) is 0. The van der Waals surface area contributed by atoms with Gasteiger partial charge in [0.1, 0.15) is 5.69 Å². The first-order valence-corrected chi connectivity index (χ1v) is 5.93. The summed E-state index contributed by atoms with van der Waals surface area (Å²) in [5, 5.41) is 16.5. The lowest BCUT2D eigenvalue weighted by Gasteiger charge is -2.06. The molecule has 1 aliphatic carbocycles. The average Bonchev–Trinajstić information content (AvgIpc) is 3.13. The minimum absolute atomic E-state index is 0.0824. The average molecular weight is 249 g/mol. The number of benzene rings is 1. The summed E-state index contributed by atoms with van der Waals surface area (Å²) in [4.78, 5) is 21.9. The summed E-state index contributed by atoms with van der Waals surface area (Å²) in [6.07, 6.45) is 2.67. The van der Waals surface area contributed by atoms with E-state index in [-0.39, 0.29) is 17.3 Å². The van der Waals surface area contributed by atoms with Crippen molar-refractivity contribution in [3.8, 4) is 0 Å². The quantitative estimate of drug-likeness (QED) is 0.593. The van der Waals surface area contributed by atoms with Crippen LogP contribution in [0, 0.1) is 10.1 Å². The molecule has 0 saturated heterocycles. The molecule has 2 rings (SSSR count). The number of rotatable bonds is 6. The number of hydrogen-bond donors (Lipinski definition) is 2. The first-order chi connectivity index (χ1) is 8.66. The number of para-hydroxylation sites is 2. The van der Waals surface area contributed by atoms with Gasteiger partial charge in [-0.1, -0.05) is 12.1 Å². The second-order valence-electron chi connectivity index (χ2n) is 4.30. The Balaban J connectivity index is 1.87. The van der Waals surface area contributed by atoms with E-state index in [1.807, 2.05) is 0 Å². The van der Waals surface area contributed by atoms with Crippen LogP contribution in [0.2, 0.25) is 0 Å². The molecule has 0 aliphatic heterocycles. The highest BCUT2D eigenvalue weighted by Gasteiger charge is 2.20. The van der Waals surface area contributed by atoms with Crippen LogP contribution in [0.3, 0.4) is 0 Å². The fraction of sp³-hybridized carbons (Fsp3) is 0.417. The lowest BCUT2D eigenvalue weighted by molar-refractivity contribution is -0.383. The summed E-state index contributed by atoms with van der Waals surface area (Å²) in [6, 6.07) is 6.69.